The van der Waals surface area contributed by atoms with Crippen molar-refractivity contribution in [3.63, 3.8) is 0 Å². The van der Waals surface area contributed by atoms with Crippen LogP contribution in [0.25, 0.3) is 10.9 Å². The van der Waals surface area contributed by atoms with E-state index < -0.39 is 0 Å². The molecule has 1 aliphatic rings. The van der Waals surface area contributed by atoms with Crippen LogP contribution in [0.1, 0.15) is 18.9 Å². The lowest BCUT2D eigenvalue weighted by Gasteiger charge is -2.36. The number of aryl methyl sites for hydroxylation is 2. The third kappa shape index (κ3) is 2.48. The molecule has 1 saturated heterocycles. The fourth-order valence-electron chi connectivity index (χ4n) is 3.06. The van der Waals surface area contributed by atoms with Crippen LogP contribution in [0.3, 0.4) is 0 Å². The summed E-state index contributed by atoms with van der Waals surface area (Å²) in [6, 6.07) is 4.41. The van der Waals surface area contributed by atoms with E-state index in [-0.39, 0.29) is 5.91 Å². The SMILES string of the molecule is CCC(=O)N1CCN(c2cc3c(cnn3C)cc2C)CC1. The zero-order valence-corrected chi connectivity index (χ0v) is 13.0. The normalized spacial score (nSPS) is 15.8. The van der Waals surface area contributed by atoms with Crippen molar-refractivity contribution in [2.24, 2.45) is 7.05 Å². The standard InChI is InChI=1S/C16H22N4O/c1-4-16(21)20-7-5-19(6-8-20)14-10-15-13(9-12(14)2)11-17-18(15)3/h9-11H,4-8H2,1-3H3. The number of amides is 1. The van der Waals surface area contributed by atoms with Crippen LogP contribution in [0.5, 0.6) is 0 Å². The number of benzene rings is 1. The molecular weight excluding hydrogens is 264 g/mol. The number of anilines is 1. The number of piperazine rings is 1. The Kier molecular flexibility index (Phi) is 3.57. The van der Waals surface area contributed by atoms with Gasteiger partial charge in [-0.05, 0) is 24.6 Å². The summed E-state index contributed by atoms with van der Waals surface area (Å²) in [5.74, 6) is 0.258. The Bertz CT molecular complexity index is 668. The second-order valence-corrected chi connectivity index (χ2v) is 5.69. The lowest BCUT2D eigenvalue weighted by atomic mass is 10.1. The number of fused-ring (bicyclic) bond motifs is 1. The molecule has 0 radical (unpaired) electrons. The molecule has 2 aromatic rings. The van der Waals surface area contributed by atoms with Crippen molar-refractivity contribution < 1.29 is 4.79 Å². The molecule has 1 amide bonds. The molecule has 112 valence electrons. The lowest BCUT2D eigenvalue weighted by Crippen LogP contribution is -2.48. The van der Waals surface area contributed by atoms with Crippen LogP contribution >= 0.6 is 0 Å². The third-order valence-corrected chi connectivity index (χ3v) is 4.34. The van der Waals surface area contributed by atoms with Crippen molar-refractivity contribution in [2.75, 3.05) is 31.1 Å². The Labute approximate surface area is 125 Å². The first kappa shape index (κ1) is 13.9. The van der Waals surface area contributed by atoms with Crippen LogP contribution in [-0.4, -0.2) is 46.8 Å². The van der Waals surface area contributed by atoms with Crippen molar-refractivity contribution in [3.05, 3.63) is 23.9 Å². The summed E-state index contributed by atoms with van der Waals surface area (Å²) in [5, 5.41) is 5.49. The summed E-state index contributed by atoms with van der Waals surface area (Å²) < 4.78 is 1.91. The number of carbonyl (C=O) groups excluding carboxylic acids is 1. The average molecular weight is 286 g/mol. The number of rotatable bonds is 2. The van der Waals surface area contributed by atoms with E-state index in [0.717, 1.165) is 31.7 Å². The van der Waals surface area contributed by atoms with Gasteiger partial charge in [0.15, 0.2) is 0 Å². The molecule has 1 aliphatic heterocycles. The summed E-state index contributed by atoms with van der Waals surface area (Å²) in [6.07, 6.45) is 2.50. The molecule has 1 fully saturated rings. The van der Waals surface area contributed by atoms with E-state index in [9.17, 15) is 4.79 Å². The van der Waals surface area contributed by atoms with Crippen molar-refractivity contribution >= 4 is 22.5 Å². The van der Waals surface area contributed by atoms with Gasteiger partial charge in [-0.2, -0.15) is 5.10 Å². The monoisotopic (exact) mass is 286 g/mol. The molecule has 0 saturated carbocycles. The van der Waals surface area contributed by atoms with Crippen molar-refractivity contribution in [1.29, 1.82) is 0 Å². The molecule has 0 atom stereocenters. The van der Waals surface area contributed by atoms with Gasteiger partial charge in [-0.3, -0.25) is 9.48 Å². The molecule has 5 nitrogen and oxygen atoms in total. The van der Waals surface area contributed by atoms with Crippen LogP contribution in [0.15, 0.2) is 18.3 Å². The lowest BCUT2D eigenvalue weighted by molar-refractivity contribution is -0.131. The zero-order chi connectivity index (χ0) is 15.0. The van der Waals surface area contributed by atoms with Crippen LogP contribution in [0, 0.1) is 6.92 Å². The first-order valence-electron chi connectivity index (χ1n) is 7.55. The highest BCUT2D eigenvalue weighted by Crippen LogP contribution is 2.27. The number of hydrogen-bond acceptors (Lipinski definition) is 3. The molecule has 0 N–H and O–H groups in total. The Morgan fingerprint density at radius 1 is 1.24 bits per heavy atom. The van der Waals surface area contributed by atoms with Gasteiger partial charge < -0.3 is 9.80 Å². The van der Waals surface area contributed by atoms with Crippen LogP contribution in [0.4, 0.5) is 5.69 Å². The minimum atomic E-state index is 0.258. The first-order valence-corrected chi connectivity index (χ1v) is 7.55. The highest BCUT2D eigenvalue weighted by molar-refractivity contribution is 5.84. The molecule has 0 aliphatic carbocycles. The molecule has 0 bridgehead atoms. The quantitative estimate of drug-likeness (QED) is 0.847. The molecule has 21 heavy (non-hydrogen) atoms. The Morgan fingerprint density at radius 3 is 2.62 bits per heavy atom. The smallest absolute Gasteiger partial charge is 0.222 e. The van der Waals surface area contributed by atoms with Crippen LogP contribution < -0.4 is 4.90 Å². The predicted molar refractivity (Wildman–Crippen MR) is 84.5 cm³/mol. The van der Waals surface area contributed by atoms with E-state index in [1.807, 2.05) is 29.7 Å². The summed E-state index contributed by atoms with van der Waals surface area (Å²) in [7, 11) is 1.97. The Morgan fingerprint density at radius 2 is 1.95 bits per heavy atom. The number of hydrogen-bond donors (Lipinski definition) is 0. The number of aromatic nitrogens is 2. The second kappa shape index (κ2) is 5.39. The van der Waals surface area contributed by atoms with Gasteiger partial charge >= 0.3 is 0 Å². The minimum absolute atomic E-state index is 0.258. The summed E-state index contributed by atoms with van der Waals surface area (Å²) in [4.78, 5) is 16.1. The van der Waals surface area contributed by atoms with Crippen molar-refractivity contribution in [1.82, 2.24) is 14.7 Å². The molecule has 1 aromatic carbocycles. The van der Waals surface area contributed by atoms with Gasteiger partial charge in [-0.1, -0.05) is 6.92 Å². The van der Waals surface area contributed by atoms with E-state index in [4.69, 9.17) is 0 Å². The van der Waals surface area contributed by atoms with Crippen LogP contribution in [0.2, 0.25) is 0 Å². The Balaban J connectivity index is 1.83. The van der Waals surface area contributed by atoms with Gasteiger partial charge in [0.25, 0.3) is 0 Å². The van der Waals surface area contributed by atoms with E-state index in [0.29, 0.717) is 6.42 Å². The largest absolute Gasteiger partial charge is 0.368 e. The van der Waals surface area contributed by atoms with E-state index in [2.05, 4.69) is 29.1 Å². The first-order chi connectivity index (χ1) is 10.1. The van der Waals surface area contributed by atoms with Gasteiger partial charge in [-0.15, -0.1) is 0 Å². The van der Waals surface area contributed by atoms with Crippen LogP contribution in [-0.2, 0) is 11.8 Å². The fourth-order valence-corrected chi connectivity index (χ4v) is 3.06. The summed E-state index contributed by atoms with van der Waals surface area (Å²) in [6.45, 7) is 7.50. The molecule has 2 heterocycles. The molecule has 5 heteroatoms. The third-order valence-electron chi connectivity index (χ3n) is 4.34. The topological polar surface area (TPSA) is 41.4 Å². The molecular formula is C16H22N4O. The Hall–Kier alpha value is -2.04. The van der Waals surface area contributed by atoms with Gasteiger partial charge in [0.05, 0.1) is 11.7 Å². The maximum absolute atomic E-state index is 11.8. The highest BCUT2D eigenvalue weighted by Gasteiger charge is 2.21. The van der Waals surface area contributed by atoms with E-state index in [1.54, 1.807) is 0 Å². The van der Waals surface area contributed by atoms with Gasteiger partial charge in [0.2, 0.25) is 5.91 Å². The fraction of sp³-hybridized carbons (Fsp3) is 0.500. The zero-order valence-electron chi connectivity index (χ0n) is 13.0. The molecule has 0 unspecified atom stereocenters. The summed E-state index contributed by atoms with van der Waals surface area (Å²) in [5.41, 5.74) is 3.68. The number of nitrogens with zero attached hydrogens (tertiary/aromatic N) is 4. The average Bonchev–Trinajstić information content (AvgIpc) is 2.86. The maximum atomic E-state index is 11.8. The van der Waals surface area contributed by atoms with Gasteiger partial charge in [-0.25, -0.2) is 0 Å². The molecule has 0 spiro atoms. The van der Waals surface area contributed by atoms with Crippen molar-refractivity contribution in [2.45, 2.75) is 20.3 Å². The maximum Gasteiger partial charge on any atom is 0.222 e. The second-order valence-electron chi connectivity index (χ2n) is 5.69. The molecule has 1 aromatic heterocycles. The summed E-state index contributed by atoms with van der Waals surface area (Å²) >= 11 is 0. The van der Waals surface area contributed by atoms with Gasteiger partial charge in [0.1, 0.15) is 0 Å². The van der Waals surface area contributed by atoms with Crippen molar-refractivity contribution in [3.8, 4) is 0 Å². The van der Waals surface area contributed by atoms with Gasteiger partial charge in [0, 0.05) is 50.7 Å². The number of carbonyl (C=O) groups is 1. The minimum Gasteiger partial charge on any atom is -0.368 e. The predicted octanol–water partition coefficient (Wildman–Crippen LogP) is 1.94. The van der Waals surface area contributed by atoms with E-state index >= 15 is 0 Å². The van der Waals surface area contributed by atoms with E-state index in [1.165, 1.54) is 16.6 Å². The highest BCUT2D eigenvalue weighted by atomic mass is 16.2. The molecule has 3 rings (SSSR count).